The lowest BCUT2D eigenvalue weighted by atomic mass is 9.87. The summed E-state index contributed by atoms with van der Waals surface area (Å²) in [6.45, 7) is 1.95. The number of benzene rings is 2. The van der Waals surface area contributed by atoms with Gasteiger partial charge in [0.2, 0.25) is 5.91 Å². The summed E-state index contributed by atoms with van der Waals surface area (Å²) in [7, 11) is 0. The minimum atomic E-state index is -0.644. The Morgan fingerprint density at radius 3 is 2.68 bits per heavy atom. The molecule has 0 radical (unpaired) electrons. The van der Waals surface area contributed by atoms with Crippen molar-refractivity contribution in [2.45, 2.75) is 44.7 Å². The van der Waals surface area contributed by atoms with Crippen LogP contribution < -0.4 is 22.1 Å². The molecule has 0 spiro atoms. The van der Waals surface area contributed by atoms with E-state index < -0.39 is 12.1 Å². The number of halogens is 1. The first-order valence-corrected chi connectivity index (χ1v) is 9.23. The van der Waals surface area contributed by atoms with Crippen molar-refractivity contribution >= 4 is 30.0 Å². The summed E-state index contributed by atoms with van der Waals surface area (Å²) >= 11 is 0. The maximum atomic E-state index is 12.7. The van der Waals surface area contributed by atoms with E-state index in [2.05, 4.69) is 10.6 Å². The number of aryl methyl sites for hydroxylation is 2. The van der Waals surface area contributed by atoms with Gasteiger partial charge in [-0.05, 0) is 60.6 Å². The van der Waals surface area contributed by atoms with Gasteiger partial charge >= 0.3 is 6.03 Å². The van der Waals surface area contributed by atoms with Crippen molar-refractivity contribution < 1.29 is 9.59 Å². The number of hydrogen-bond acceptors (Lipinski definition) is 3. The van der Waals surface area contributed by atoms with Crippen LogP contribution >= 0.6 is 12.4 Å². The fraction of sp³-hybridized carbons (Fsp3) is 0.333. The van der Waals surface area contributed by atoms with E-state index in [1.54, 1.807) is 0 Å². The number of rotatable bonds is 5. The summed E-state index contributed by atoms with van der Waals surface area (Å²) in [5.41, 5.74) is 16.2. The molecule has 0 saturated carbocycles. The van der Waals surface area contributed by atoms with Gasteiger partial charge in [-0.3, -0.25) is 4.79 Å². The van der Waals surface area contributed by atoms with Gasteiger partial charge < -0.3 is 22.1 Å². The molecular weight excluding hydrogens is 376 g/mol. The van der Waals surface area contributed by atoms with E-state index in [0.29, 0.717) is 0 Å². The number of carbonyl (C=O) groups excluding carboxylic acids is 2. The van der Waals surface area contributed by atoms with Gasteiger partial charge in [-0.2, -0.15) is 0 Å². The highest BCUT2D eigenvalue weighted by molar-refractivity contribution is 5.85. The van der Waals surface area contributed by atoms with Gasteiger partial charge in [0.25, 0.3) is 0 Å². The first-order chi connectivity index (χ1) is 12.9. The van der Waals surface area contributed by atoms with Crippen molar-refractivity contribution in [2.24, 2.45) is 5.73 Å². The van der Waals surface area contributed by atoms with Crippen molar-refractivity contribution in [2.75, 3.05) is 5.73 Å². The first-order valence-electron chi connectivity index (χ1n) is 9.23. The number of amides is 3. The van der Waals surface area contributed by atoms with Crippen molar-refractivity contribution in [1.82, 2.24) is 10.6 Å². The second-order valence-corrected chi connectivity index (χ2v) is 7.09. The van der Waals surface area contributed by atoms with E-state index in [0.717, 1.165) is 41.6 Å². The van der Waals surface area contributed by atoms with E-state index in [4.69, 9.17) is 11.5 Å². The number of nitrogens with two attached hydrogens (primary N) is 2. The van der Waals surface area contributed by atoms with Gasteiger partial charge in [0.05, 0.1) is 18.5 Å². The third-order valence-corrected chi connectivity index (χ3v) is 5.09. The predicted molar refractivity (Wildman–Crippen MR) is 113 cm³/mol. The maximum Gasteiger partial charge on any atom is 0.312 e. The van der Waals surface area contributed by atoms with E-state index in [-0.39, 0.29) is 30.8 Å². The third kappa shape index (κ3) is 5.16. The van der Waals surface area contributed by atoms with Crippen LogP contribution in [0.3, 0.4) is 0 Å². The molecule has 1 aliphatic rings. The van der Waals surface area contributed by atoms with Gasteiger partial charge in [-0.1, -0.05) is 30.3 Å². The number of urea groups is 1. The Bertz CT molecular complexity index is 856. The first kappa shape index (κ1) is 21.6. The van der Waals surface area contributed by atoms with Crippen LogP contribution in [0.5, 0.6) is 0 Å². The minimum absolute atomic E-state index is 0. The van der Waals surface area contributed by atoms with Gasteiger partial charge in [0.15, 0.2) is 0 Å². The minimum Gasteiger partial charge on any atom is -0.399 e. The van der Waals surface area contributed by atoms with E-state index in [1.165, 1.54) is 5.56 Å². The molecule has 0 saturated heterocycles. The molecule has 6 nitrogen and oxygen atoms in total. The lowest BCUT2D eigenvalue weighted by Crippen LogP contribution is -2.38. The zero-order chi connectivity index (χ0) is 19.4. The molecule has 6 N–H and O–H groups in total. The molecule has 2 atom stereocenters. The van der Waals surface area contributed by atoms with Crippen LogP contribution in [0.1, 0.15) is 53.6 Å². The number of nitrogen functional groups attached to an aromatic ring is 1. The number of nitrogens with one attached hydrogen (secondary N) is 2. The highest BCUT2D eigenvalue weighted by Crippen LogP contribution is 2.31. The second kappa shape index (κ2) is 9.46. The van der Waals surface area contributed by atoms with Crippen molar-refractivity contribution in [3.8, 4) is 0 Å². The maximum absolute atomic E-state index is 12.7. The normalized spacial score (nSPS) is 16.2. The van der Waals surface area contributed by atoms with Crippen molar-refractivity contribution in [1.29, 1.82) is 0 Å². The quantitative estimate of drug-likeness (QED) is 0.576. The number of anilines is 1. The molecular formula is C21H27ClN4O2. The van der Waals surface area contributed by atoms with Gasteiger partial charge in [-0.25, -0.2) is 4.79 Å². The Morgan fingerprint density at radius 2 is 1.96 bits per heavy atom. The average molecular weight is 403 g/mol. The monoisotopic (exact) mass is 402 g/mol. The number of primary amides is 1. The topological polar surface area (TPSA) is 110 Å². The van der Waals surface area contributed by atoms with Gasteiger partial charge in [0, 0.05) is 5.69 Å². The molecule has 0 aromatic heterocycles. The summed E-state index contributed by atoms with van der Waals surface area (Å²) in [5.74, 6) is -0.119. The number of carbonyl (C=O) groups is 2. The molecule has 28 heavy (non-hydrogen) atoms. The highest BCUT2D eigenvalue weighted by atomic mass is 35.5. The summed E-state index contributed by atoms with van der Waals surface area (Å²) in [4.78, 5) is 24.2. The van der Waals surface area contributed by atoms with Crippen LogP contribution in [-0.2, 0) is 11.2 Å². The van der Waals surface area contributed by atoms with E-state index in [1.807, 2.05) is 49.4 Å². The Kier molecular flexibility index (Phi) is 7.29. The third-order valence-electron chi connectivity index (χ3n) is 5.09. The lowest BCUT2D eigenvalue weighted by molar-refractivity contribution is -0.122. The zero-order valence-electron chi connectivity index (χ0n) is 15.9. The molecule has 150 valence electrons. The molecule has 3 rings (SSSR count). The second-order valence-electron chi connectivity index (χ2n) is 7.09. The Labute approximate surface area is 171 Å². The molecule has 0 bridgehead atoms. The standard InChI is InChI=1S/C21H26N4O2.ClH/c1-13-5-2-3-7-16(13)19(25-21(23)27)12-20(26)24-18-8-4-6-14-11-15(22)9-10-17(14)18;/h2-3,5,7,9-11,18-19H,4,6,8,12,22H2,1H3,(H,24,26)(H3,23,25,27);1H. The Balaban J connectivity index is 0.00000280. The zero-order valence-corrected chi connectivity index (χ0v) is 16.7. The molecule has 0 heterocycles. The largest absolute Gasteiger partial charge is 0.399 e. The van der Waals surface area contributed by atoms with Crippen LogP contribution in [0.4, 0.5) is 10.5 Å². The number of fused-ring (bicyclic) bond motifs is 1. The molecule has 3 amide bonds. The molecule has 2 aromatic carbocycles. The summed E-state index contributed by atoms with van der Waals surface area (Å²) in [6.07, 6.45) is 3.00. The fourth-order valence-corrected chi connectivity index (χ4v) is 3.81. The van der Waals surface area contributed by atoms with Crippen LogP contribution in [-0.4, -0.2) is 11.9 Å². The smallest absolute Gasteiger partial charge is 0.312 e. The SMILES string of the molecule is Cc1ccccc1C(CC(=O)NC1CCCc2cc(N)ccc21)NC(N)=O.Cl. The van der Waals surface area contributed by atoms with E-state index >= 15 is 0 Å². The average Bonchev–Trinajstić information content (AvgIpc) is 2.61. The number of hydrogen-bond donors (Lipinski definition) is 4. The molecule has 7 heteroatoms. The molecule has 2 unspecified atom stereocenters. The predicted octanol–water partition coefficient (Wildman–Crippen LogP) is 3.29. The summed E-state index contributed by atoms with van der Waals surface area (Å²) in [5, 5.41) is 5.81. The van der Waals surface area contributed by atoms with Crippen molar-refractivity contribution in [3.05, 3.63) is 64.7 Å². The van der Waals surface area contributed by atoms with Crippen LogP contribution in [0.15, 0.2) is 42.5 Å². The molecule has 2 aromatic rings. The Hall–Kier alpha value is -2.73. The van der Waals surface area contributed by atoms with Crippen molar-refractivity contribution in [3.63, 3.8) is 0 Å². The van der Waals surface area contributed by atoms with Gasteiger partial charge in [-0.15, -0.1) is 12.4 Å². The van der Waals surface area contributed by atoms with E-state index in [9.17, 15) is 9.59 Å². The lowest BCUT2D eigenvalue weighted by Gasteiger charge is -2.28. The molecule has 0 fully saturated rings. The molecule has 1 aliphatic carbocycles. The fourth-order valence-electron chi connectivity index (χ4n) is 3.81. The molecule has 0 aliphatic heterocycles. The van der Waals surface area contributed by atoms with Gasteiger partial charge in [0.1, 0.15) is 0 Å². The van der Waals surface area contributed by atoms with Crippen LogP contribution in [0.25, 0.3) is 0 Å². The van der Waals surface area contributed by atoms with Crippen LogP contribution in [0.2, 0.25) is 0 Å². The highest BCUT2D eigenvalue weighted by Gasteiger charge is 2.24. The Morgan fingerprint density at radius 1 is 1.21 bits per heavy atom. The summed E-state index contributed by atoms with van der Waals surface area (Å²) < 4.78 is 0. The summed E-state index contributed by atoms with van der Waals surface area (Å²) in [6, 6.07) is 12.4. The van der Waals surface area contributed by atoms with Crippen LogP contribution in [0, 0.1) is 6.92 Å².